The number of alkyl halides is 3. The Morgan fingerprint density at radius 3 is 2.21 bits per heavy atom. The Bertz CT molecular complexity index is 550. The zero-order valence-corrected chi connectivity index (χ0v) is 19.4. The Morgan fingerprint density at radius 2 is 1.71 bits per heavy atom. The first-order valence-corrected chi connectivity index (χ1v) is 9.29. The van der Waals surface area contributed by atoms with Crippen LogP contribution >= 0.6 is 24.0 Å². The van der Waals surface area contributed by atoms with Crippen molar-refractivity contribution in [1.82, 2.24) is 20.4 Å². The second-order valence-electron chi connectivity index (χ2n) is 6.38. The largest absolute Gasteiger partial charge is 0.401 e. The third-order valence-corrected chi connectivity index (χ3v) is 4.36. The van der Waals surface area contributed by atoms with Crippen molar-refractivity contribution in [2.24, 2.45) is 4.99 Å². The summed E-state index contributed by atoms with van der Waals surface area (Å²) >= 11 is 0. The molecule has 1 unspecified atom stereocenters. The summed E-state index contributed by atoms with van der Waals surface area (Å²) in [6, 6.07) is 10.4. The molecular weight excluding hydrogens is 482 g/mol. The standard InChI is InChI=1S/C19H32F3N5.HI/c1-5-27(6-2)17(16-10-8-7-9-11-16)14-25-18(23-3)24-12-13-26(4)15-19(20,21)22;/h7-11,17H,5-6,12-15H2,1-4H3,(H2,23,24,25);1H. The molecule has 0 aliphatic carbocycles. The third kappa shape index (κ3) is 10.5. The quantitative estimate of drug-likeness (QED) is 0.285. The van der Waals surface area contributed by atoms with Gasteiger partial charge in [0.25, 0.3) is 0 Å². The van der Waals surface area contributed by atoms with Gasteiger partial charge < -0.3 is 10.6 Å². The summed E-state index contributed by atoms with van der Waals surface area (Å²) in [5.41, 5.74) is 1.22. The number of hydrogen-bond donors (Lipinski definition) is 2. The van der Waals surface area contributed by atoms with Gasteiger partial charge >= 0.3 is 6.18 Å². The molecule has 2 N–H and O–H groups in total. The molecule has 0 fully saturated rings. The zero-order valence-electron chi connectivity index (χ0n) is 17.1. The lowest BCUT2D eigenvalue weighted by Crippen LogP contribution is -2.45. The van der Waals surface area contributed by atoms with Gasteiger partial charge in [-0.2, -0.15) is 13.2 Å². The van der Waals surface area contributed by atoms with Gasteiger partial charge in [0, 0.05) is 26.7 Å². The zero-order chi connectivity index (χ0) is 20.3. The van der Waals surface area contributed by atoms with Crippen molar-refractivity contribution >= 4 is 29.9 Å². The maximum Gasteiger partial charge on any atom is 0.401 e. The Hall–Kier alpha value is -1.07. The minimum Gasteiger partial charge on any atom is -0.355 e. The number of halogens is 4. The van der Waals surface area contributed by atoms with Crippen molar-refractivity contribution in [3.63, 3.8) is 0 Å². The molecule has 1 aromatic carbocycles. The third-order valence-electron chi connectivity index (χ3n) is 4.36. The number of guanidine groups is 1. The van der Waals surface area contributed by atoms with Gasteiger partial charge in [-0.25, -0.2) is 0 Å². The van der Waals surface area contributed by atoms with Crippen LogP contribution in [0.5, 0.6) is 0 Å². The van der Waals surface area contributed by atoms with Crippen LogP contribution < -0.4 is 10.6 Å². The monoisotopic (exact) mass is 515 g/mol. The average molecular weight is 515 g/mol. The van der Waals surface area contributed by atoms with Gasteiger partial charge in [-0.1, -0.05) is 44.2 Å². The Kier molecular flexibility index (Phi) is 13.5. The molecule has 0 amide bonds. The highest BCUT2D eigenvalue weighted by Crippen LogP contribution is 2.19. The predicted molar refractivity (Wildman–Crippen MR) is 120 cm³/mol. The van der Waals surface area contributed by atoms with Crippen molar-refractivity contribution in [3.8, 4) is 0 Å². The molecule has 5 nitrogen and oxygen atoms in total. The van der Waals surface area contributed by atoms with Gasteiger partial charge in [-0.05, 0) is 25.7 Å². The van der Waals surface area contributed by atoms with Crippen LogP contribution in [0, 0.1) is 0 Å². The first kappa shape index (κ1) is 26.9. The molecule has 0 bridgehead atoms. The smallest absolute Gasteiger partial charge is 0.355 e. The van der Waals surface area contributed by atoms with Crippen LogP contribution in [0.1, 0.15) is 25.5 Å². The summed E-state index contributed by atoms with van der Waals surface area (Å²) in [6.07, 6.45) is -4.18. The summed E-state index contributed by atoms with van der Waals surface area (Å²) in [6.45, 7) is 6.50. The van der Waals surface area contributed by atoms with Crippen molar-refractivity contribution in [1.29, 1.82) is 0 Å². The average Bonchev–Trinajstić information content (AvgIpc) is 2.62. The van der Waals surface area contributed by atoms with Crippen molar-refractivity contribution in [2.45, 2.75) is 26.1 Å². The summed E-state index contributed by atoms with van der Waals surface area (Å²) in [7, 11) is 3.11. The van der Waals surface area contributed by atoms with Gasteiger partial charge in [0.1, 0.15) is 0 Å². The molecule has 0 aliphatic rings. The maximum atomic E-state index is 12.4. The second kappa shape index (κ2) is 14.0. The van der Waals surface area contributed by atoms with E-state index < -0.39 is 12.7 Å². The molecule has 0 aliphatic heterocycles. The van der Waals surface area contributed by atoms with E-state index in [1.807, 2.05) is 18.2 Å². The Balaban J connectivity index is 0.00000729. The van der Waals surface area contributed by atoms with E-state index in [1.165, 1.54) is 17.5 Å². The van der Waals surface area contributed by atoms with Gasteiger partial charge in [0.05, 0.1) is 12.6 Å². The van der Waals surface area contributed by atoms with Crippen molar-refractivity contribution in [2.75, 3.05) is 53.4 Å². The van der Waals surface area contributed by atoms with E-state index >= 15 is 0 Å². The molecule has 1 aromatic rings. The molecule has 9 heteroatoms. The molecule has 0 saturated heterocycles. The molecule has 1 atom stereocenters. The van der Waals surface area contributed by atoms with Crippen LogP contribution in [-0.4, -0.2) is 75.3 Å². The van der Waals surface area contributed by atoms with Gasteiger partial charge in [-0.15, -0.1) is 24.0 Å². The van der Waals surface area contributed by atoms with Crippen LogP contribution in [0.2, 0.25) is 0 Å². The van der Waals surface area contributed by atoms with E-state index in [-0.39, 0.29) is 36.6 Å². The normalized spacial score (nSPS) is 13.4. The maximum absolute atomic E-state index is 12.4. The lowest BCUT2D eigenvalue weighted by Gasteiger charge is -2.31. The molecule has 0 heterocycles. The van der Waals surface area contributed by atoms with E-state index in [0.717, 1.165) is 13.1 Å². The van der Waals surface area contributed by atoms with Crippen molar-refractivity contribution in [3.05, 3.63) is 35.9 Å². The molecule has 0 radical (unpaired) electrons. The van der Waals surface area contributed by atoms with E-state index in [9.17, 15) is 13.2 Å². The van der Waals surface area contributed by atoms with Crippen LogP contribution in [-0.2, 0) is 0 Å². The van der Waals surface area contributed by atoms with Crippen LogP contribution in [0.3, 0.4) is 0 Å². The Labute approximate surface area is 183 Å². The molecular formula is C19H33F3IN5. The summed E-state index contributed by atoms with van der Waals surface area (Å²) in [5.74, 6) is 0.587. The number of aliphatic imine (C=N–C) groups is 1. The molecule has 162 valence electrons. The number of nitrogens with one attached hydrogen (secondary N) is 2. The highest BCUT2D eigenvalue weighted by Gasteiger charge is 2.28. The van der Waals surface area contributed by atoms with Crippen LogP contribution in [0.15, 0.2) is 35.3 Å². The lowest BCUT2D eigenvalue weighted by atomic mass is 10.1. The minimum absolute atomic E-state index is 0. The summed E-state index contributed by atoms with van der Waals surface area (Å²) in [5, 5.41) is 6.37. The number of likely N-dealkylation sites (N-methyl/N-ethyl adjacent to an activating group) is 2. The minimum atomic E-state index is -4.18. The number of benzene rings is 1. The van der Waals surface area contributed by atoms with E-state index in [4.69, 9.17) is 0 Å². The SMILES string of the molecule is CCN(CC)C(CNC(=NC)NCCN(C)CC(F)(F)F)c1ccccc1.I. The Morgan fingerprint density at radius 1 is 1.11 bits per heavy atom. The number of hydrogen-bond acceptors (Lipinski definition) is 3. The topological polar surface area (TPSA) is 42.9 Å². The first-order valence-electron chi connectivity index (χ1n) is 9.29. The van der Waals surface area contributed by atoms with Crippen LogP contribution in [0.4, 0.5) is 13.2 Å². The van der Waals surface area contributed by atoms with E-state index in [1.54, 1.807) is 7.05 Å². The molecule has 0 aromatic heterocycles. The van der Waals surface area contributed by atoms with Crippen LogP contribution in [0.25, 0.3) is 0 Å². The molecule has 0 spiro atoms. The lowest BCUT2D eigenvalue weighted by molar-refractivity contribution is -0.142. The second-order valence-corrected chi connectivity index (χ2v) is 6.38. The van der Waals surface area contributed by atoms with Gasteiger partial charge in [0.2, 0.25) is 0 Å². The van der Waals surface area contributed by atoms with E-state index in [2.05, 4.69) is 46.5 Å². The van der Waals surface area contributed by atoms with E-state index in [0.29, 0.717) is 19.0 Å². The predicted octanol–water partition coefficient (Wildman–Crippen LogP) is 3.35. The van der Waals surface area contributed by atoms with Gasteiger partial charge in [0.15, 0.2) is 5.96 Å². The molecule has 1 rings (SSSR count). The fraction of sp³-hybridized carbons (Fsp3) is 0.632. The number of nitrogens with zero attached hydrogens (tertiary/aromatic N) is 3. The summed E-state index contributed by atoms with van der Waals surface area (Å²) in [4.78, 5) is 7.76. The molecule has 28 heavy (non-hydrogen) atoms. The van der Waals surface area contributed by atoms with Gasteiger partial charge in [-0.3, -0.25) is 14.8 Å². The first-order chi connectivity index (χ1) is 12.8. The summed E-state index contributed by atoms with van der Waals surface area (Å²) < 4.78 is 37.1. The number of rotatable bonds is 10. The fourth-order valence-corrected chi connectivity index (χ4v) is 2.96. The molecule has 0 saturated carbocycles. The fourth-order valence-electron chi connectivity index (χ4n) is 2.96. The highest BCUT2D eigenvalue weighted by molar-refractivity contribution is 14.0. The van der Waals surface area contributed by atoms with Crippen molar-refractivity contribution < 1.29 is 13.2 Å². The highest BCUT2D eigenvalue weighted by atomic mass is 127.